The fourth-order valence-corrected chi connectivity index (χ4v) is 1.92. The number of alkyl carbamates (subject to hydrolysis) is 1. The van der Waals surface area contributed by atoms with Crippen LogP contribution in [-0.4, -0.2) is 23.5 Å². The molecule has 4 nitrogen and oxygen atoms in total. The van der Waals surface area contributed by atoms with Gasteiger partial charge in [-0.3, -0.25) is 4.79 Å². The monoisotopic (exact) mass is 277 g/mol. The second-order valence-corrected chi connectivity index (χ2v) is 6.11. The van der Waals surface area contributed by atoms with E-state index in [-0.39, 0.29) is 5.78 Å². The molecule has 1 N–H and O–H groups in total. The molecular weight excluding hydrogens is 254 g/mol. The number of carbonyl (C=O) groups excluding carboxylic acids is 2. The fourth-order valence-electron chi connectivity index (χ4n) is 1.92. The normalized spacial score (nSPS) is 12.7. The van der Waals surface area contributed by atoms with Crippen molar-refractivity contribution in [3.8, 4) is 0 Å². The number of hydrogen-bond donors (Lipinski definition) is 1. The van der Waals surface area contributed by atoms with E-state index >= 15 is 0 Å². The lowest BCUT2D eigenvalue weighted by Gasteiger charge is -2.21. The number of hydrogen-bond acceptors (Lipinski definition) is 3. The first-order valence-corrected chi connectivity index (χ1v) is 6.70. The van der Waals surface area contributed by atoms with Gasteiger partial charge in [0.2, 0.25) is 0 Å². The molecule has 1 atom stereocenters. The van der Waals surface area contributed by atoms with Crippen LogP contribution in [0.25, 0.3) is 0 Å². The van der Waals surface area contributed by atoms with Crippen LogP contribution in [0.2, 0.25) is 0 Å². The van der Waals surface area contributed by atoms with Crippen LogP contribution in [0.5, 0.6) is 0 Å². The number of benzene rings is 1. The topological polar surface area (TPSA) is 55.4 Å². The minimum absolute atomic E-state index is 0.123. The number of nitrogens with one attached hydrogen (secondary N) is 1. The lowest BCUT2D eigenvalue weighted by molar-refractivity contribution is 0.0497. The maximum Gasteiger partial charge on any atom is 0.408 e. The van der Waals surface area contributed by atoms with E-state index in [1.54, 1.807) is 27.7 Å². The van der Waals surface area contributed by atoms with Crippen LogP contribution in [-0.2, 0) is 4.74 Å². The molecule has 0 unspecified atom stereocenters. The third-order valence-corrected chi connectivity index (χ3v) is 2.63. The Hall–Kier alpha value is -1.84. The van der Waals surface area contributed by atoms with Crippen molar-refractivity contribution in [2.24, 2.45) is 0 Å². The summed E-state index contributed by atoms with van der Waals surface area (Å²) in [6.45, 7) is 10.9. The molecule has 0 aliphatic rings. The highest BCUT2D eigenvalue weighted by atomic mass is 16.6. The van der Waals surface area contributed by atoms with Gasteiger partial charge in [0.25, 0.3) is 0 Å². The van der Waals surface area contributed by atoms with Gasteiger partial charge in [0, 0.05) is 5.56 Å². The van der Waals surface area contributed by atoms with Gasteiger partial charge < -0.3 is 10.1 Å². The average molecular weight is 277 g/mol. The van der Waals surface area contributed by atoms with Crippen LogP contribution in [0.3, 0.4) is 0 Å². The van der Waals surface area contributed by atoms with E-state index in [2.05, 4.69) is 5.32 Å². The first kappa shape index (κ1) is 16.2. The maximum absolute atomic E-state index is 12.3. The van der Waals surface area contributed by atoms with Gasteiger partial charge in [-0.15, -0.1) is 0 Å². The minimum Gasteiger partial charge on any atom is -0.444 e. The Balaban J connectivity index is 2.74. The predicted octanol–water partition coefficient (Wildman–Crippen LogP) is 3.40. The van der Waals surface area contributed by atoms with Gasteiger partial charge in [0.1, 0.15) is 5.60 Å². The Morgan fingerprint density at radius 2 is 1.60 bits per heavy atom. The zero-order chi connectivity index (χ0) is 15.5. The molecule has 1 aromatic rings. The first-order chi connectivity index (χ1) is 9.08. The summed E-state index contributed by atoms with van der Waals surface area (Å²) in [5.41, 5.74) is 2.08. The molecule has 4 heteroatoms. The van der Waals surface area contributed by atoms with Crippen LogP contribution in [0.1, 0.15) is 49.2 Å². The molecule has 1 amide bonds. The Morgan fingerprint density at radius 1 is 1.10 bits per heavy atom. The van der Waals surface area contributed by atoms with E-state index in [9.17, 15) is 9.59 Å². The quantitative estimate of drug-likeness (QED) is 0.861. The third kappa shape index (κ3) is 5.03. The minimum atomic E-state index is -0.619. The zero-order valence-electron chi connectivity index (χ0n) is 13.0. The number of aryl methyl sites for hydroxylation is 2. The Bertz CT molecular complexity index is 495. The maximum atomic E-state index is 12.3. The van der Waals surface area contributed by atoms with Crippen LogP contribution in [0.4, 0.5) is 4.79 Å². The van der Waals surface area contributed by atoms with Crippen LogP contribution in [0.15, 0.2) is 18.2 Å². The molecule has 0 saturated carbocycles. The first-order valence-electron chi connectivity index (χ1n) is 6.70. The summed E-state index contributed by atoms with van der Waals surface area (Å²) in [7, 11) is 0. The number of Topliss-reactive ketones (excluding diaryl/α,β-unsaturated/α-hetero) is 1. The highest BCUT2D eigenvalue weighted by molar-refractivity contribution is 6.01. The molecule has 110 valence electrons. The predicted molar refractivity (Wildman–Crippen MR) is 79.1 cm³/mol. The largest absolute Gasteiger partial charge is 0.444 e. The molecule has 1 rings (SSSR count). The molecule has 0 aromatic heterocycles. The summed E-state index contributed by atoms with van der Waals surface area (Å²) in [4.78, 5) is 23.9. The van der Waals surface area contributed by atoms with Gasteiger partial charge in [0.05, 0.1) is 6.04 Å². The standard InChI is InChI=1S/C16H23NO3/c1-10-7-11(2)9-13(8-10)14(18)12(3)17-15(19)20-16(4,5)6/h7-9,12H,1-6H3,(H,17,19)/t12-/m0/s1. The van der Waals surface area contributed by atoms with Crippen molar-refractivity contribution in [3.05, 3.63) is 34.9 Å². The summed E-state index contributed by atoms with van der Waals surface area (Å²) < 4.78 is 5.14. The van der Waals surface area contributed by atoms with Crippen molar-refractivity contribution in [1.82, 2.24) is 5.32 Å². The molecule has 20 heavy (non-hydrogen) atoms. The summed E-state index contributed by atoms with van der Waals surface area (Å²) >= 11 is 0. The molecule has 0 fully saturated rings. The number of rotatable bonds is 3. The zero-order valence-corrected chi connectivity index (χ0v) is 13.0. The molecule has 0 spiro atoms. The molecule has 1 aromatic carbocycles. The van der Waals surface area contributed by atoms with E-state index in [1.807, 2.05) is 32.0 Å². The SMILES string of the molecule is Cc1cc(C)cc(C(=O)[C@H](C)NC(=O)OC(C)(C)C)c1. The van der Waals surface area contributed by atoms with E-state index in [4.69, 9.17) is 4.74 Å². The van der Waals surface area contributed by atoms with Crippen molar-refractivity contribution in [2.45, 2.75) is 53.2 Å². The van der Waals surface area contributed by atoms with E-state index in [1.165, 1.54) is 0 Å². The van der Waals surface area contributed by atoms with Gasteiger partial charge in [0.15, 0.2) is 5.78 Å². The number of ketones is 1. The summed E-state index contributed by atoms with van der Waals surface area (Å²) in [5, 5.41) is 2.56. The summed E-state index contributed by atoms with van der Waals surface area (Å²) in [6.07, 6.45) is -0.581. The number of ether oxygens (including phenoxy) is 1. The lowest BCUT2D eigenvalue weighted by Crippen LogP contribution is -2.41. The van der Waals surface area contributed by atoms with Crippen LogP contribution in [0, 0.1) is 13.8 Å². The second-order valence-electron chi connectivity index (χ2n) is 6.11. The van der Waals surface area contributed by atoms with Crippen LogP contribution < -0.4 is 5.32 Å². The van der Waals surface area contributed by atoms with Crippen LogP contribution >= 0.6 is 0 Å². The molecule has 0 bridgehead atoms. The molecule has 0 saturated heterocycles. The summed E-state index contributed by atoms with van der Waals surface area (Å²) in [6, 6.07) is 5.03. The van der Waals surface area contributed by atoms with Gasteiger partial charge in [-0.05, 0) is 53.7 Å². The smallest absolute Gasteiger partial charge is 0.408 e. The lowest BCUT2D eigenvalue weighted by atomic mass is 10.0. The summed E-state index contributed by atoms with van der Waals surface area (Å²) in [5.74, 6) is -0.123. The molecule has 0 aliphatic heterocycles. The van der Waals surface area contributed by atoms with Gasteiger partial charge in [-0.25, -0.2) is 4.79 Å². The van der Waals surface area contributed by atoms with E-state index in [0.29, 0.717) is 5.56 Å². The number of carbonyl (C=O) groups is 2. The molecule has 0 aliphatic carbocycles. The molecular formula is C16H23NO3. The highest BCUT2D eigenvalue weighted by Crippen LogP contribution is 2.12. The highest BCUT2D eigenvalue weighted by Gasteiger charge is 2.22. The van der Waals surface area contributed by atoms with Gasteiger partial charge >= 0.3 is 6.09 Å². The Labute approximate surface area is 120 Å². The van der Waals surface area contributed by atoms with Gasteiger partial charge in [-0.1, -0.05) is 17.2 Å². The van der Waals surface area contributed by atoms with E-state index < -0.39 is 17.7 Å². The van der Waals surface area contributed by atoms with Crippen molar-refractivity contribution in [3.63, 3.8) is 0 Å². The van der Waals surface area contributed by atoms with Gasteiger partial charge in [-0.2, -0.15) is 0 Å². The van der Waals surface area contributed by atoms with Crippen molar-refractivity contribution in [1.29, 1.82) is 0 Å². The number of amides is 1. The molecule has 0 heterocycles. The van der Waals surface area contributed by atoms with Crippen molar-refractivity contribution < 1.29 is 14.3 Å². The van der Waals surface area contributed by atoms with Crippen molar-refractivity contribution >= 4 is 11.9 Å². The Kier molecular flexibility index (Phi) is 4.93. The van der Waals surface area contributed by atoms with Crippen molar-refractivity contribution in [2.75, 3.05) is 0 Å². The van der Waals surface area contributed by atoms with E-state index in [0.717, 1.165) is 11.1 Å². The second kappa shape index (κ2) is 6.07. The third-order valence-electron chi connectivity index (χ3n) is 2.63. The molecule has 0 radical (unpaired) electrons. The average Bonchev–Trinajstić information content (AvgIpc) is 2.23. The Morgan fingerprint density at radius 3 is 2.05 bits per heavy atom. The fraction of sp³-hybridized carbons (Fsp3) is 0.500.